The second kappa shape index (κ2) is 12.7. The minimum absolute atomic E-state index is 0.847. The molecule has 0 unspecified atom stereocenters. The lowest BCUT2D eigenvalue weighted by Crippen LogP contribution is -2.11. The molecule has 2 heteroatoms. The molecule has 0 aromatic heterocycles. The van der Waals surface area contributed by atoms with Crippen molar-refractivity contribution < 1.29 is 4.74 Å². The van der Waals surface area contributed by atoms with Crippen molar-refractivity contribution in [1.29, 1.82) is 0 Å². The van der Waals surface area contributed by atoms with Gasteiger partial charge >= 0.3 is 0 Å². The molecule has 0 radical (unpaired) electrons. The fourth-order valence-corrected chi connectivity index (χ4v) is 2.44. The van der Waals surface area contributed by atoms with E-state index >= 15 is 0 Å². The summed E-state index contributed by atoms with van der Waals surface area (Å²) < 4.78 is 5.84. The maximum Gasteiger partial charge on any atom is 0.119 e. The molecule has 1 aromatic rings. The van der Waals surface area contributed by atoms with Crippen LogP contribution in [0.4, 0.5) is 0 Å². The number of hydrogen-bond acceptors (Lipinski definition) is 2. The highest BCUT2D eigenvalue weighted by Crippen LogP contribution is 2.14. The Morgan fingerprint density at radius 3 is 2.33 bits per heavy atom. The zero-order valence-corrected chi connectivity index (χ0v) is 14.0. The van der Waals surface area contributed by atoms with Gasteiger partial charge in [-0.15, -0.1) is 0 Å². The summed E-state index contributed by atoms with van der Waals surface area (Å²) in [7, 11) is 0. The van der Waals surface area contributed by atoms with Crippen LogP contribution in [0.1, 0.15) is 70.8 Å². The minimum atomic E-state index is 0.847. The van der Waals surface area contributed by atoms with Gasteiger partial charge < -0.3 is 10.1 Å². The smallest absolute Gasteiger partial charge is 0.119 e. The second-order valence-corrected chi connectivity index (χ2v) is 5.75. The highest BCUT2D eigenvalue weighted by atomic mass is 16.5. The summed E-state index contributed by atoms with van der Waals surface area (Å²) in [6.07, 6.45) is 10.7. The first-order chi connectivity index (χ1) is 10.4. The molecule has 0 aliphatic carbocycles. The van der Waals surface area contributed by atoms with E-state index in [0.717, 1.165) is 25.4 Å². The van der Waals surface area contributed by atoms with E-state index in [1.54, 1.807) is 0 Å². The third kappa shape index (κ3) is 9.52. The fourth-order valence-electron chi connectivity index (χ4n) is 2.44. The van der Waals surface area contributed by atoms with Crippen molar-refractivity contribution in [2.45, 2.75) is 71.8 Å². The normalized spacial score (nSPS) is 10.8. The van der Waals surface area contributed by atoms with Crippen LogP contribution in [-0.4, -0.2) is 13.2 Å². The summed E-state index contributed by atoms with van der Waals surface area (Å²) in [5.74, 6) is 1.01. The Morgan fingerprint density at radius 2 is 1.62 bits per heavy atom. The molecule has 0 amide bonds. The lowest BCUT2D eigenvalue weighted by atomic mass is 10.1. The van der Waals surface area contributed by atoms with Gasteiger partial charge in [0.2, 0.25) is 0 Å². The quantitative estimate of drug-likeness (QED) is 0.497. The number of hydrogen-bond donors (Lipinski definition) is 1. The van der Waals surface area contributed by atoms with E-state index < -0.39 is 0 Å². The molecular formula is C19H33NO. The standard InChI is InChI=1S/C19H33NO/c1-3-5-6-7-8-9-10-11-15-21-19-14-12-13-18(16-19)17-20-4-2/h12-14,16,20H,3-11,15,17H2,1-2H3. The van der Waals surface area contributed by atoms with Gasteiger partial charge in [-0.2, -0.15) is 0 Å². The van der Waals surface area contributed by atoms with Crippen molar-refractivity contribution in [3.63, 3.8) is 0 Å². The molecule has 0 aliphatic heterocycles. The molecule has 120 valence electrons. The number of unbranched alkanes of at least 4 members (excludes halogenated alkanes) is 7. The Labute approximate surface area is 131 Å². The van der Waals surface area contributed by atoms with Crippen LogP contribution in [-0.2, 0) is 6.54 Å². The van der Waals surface area contributed by atoms with Crippen LogP contribution in [0.2, 0.25) is 0 Å². The molecule has 0 bridgehead atoms. The average molecular weight is 291 g/mol. The topological polar surface area (TPSA) is 21.3 Å². The number of nitrogens with one attached hydrogen (secondary N) is 1. The summed E-state index contributed by atoms with van der Waals surface area (Å²) in [5.41, 5.74) is 1.30. The Kier molecular flexibility index (Phi) is 10.9. The van der Waals surface area contributed by atoms with E-state index in [4.69, 9.17) is 4.74 Å². The van der Waals surface area contributed by atoms with Crippen molar-refractivity contribution in [2.24, 2.45) is 0 Å². The molecule has 0 spiro atoms. The number of rotatable bonds is 13. The summed E-state index contributed by atoms with van der Waals surface area (Å²) >= 11 is 0. The van der Waals surface area contributed by atoms with Crippen molar-refractivity contribution in [3.05, 3.63) is 29.8 Å². The van der Waals surface area contributed by atoms with Gasteiger partial charge in [0, 0.05) is 6.54 Å². The molecule has 0 fully saturated rings. The van der Waals surface area contributed by atoms with Gasteiger partial charge in [-0.05, 0) is 30.7 Å². The van der Waals surface area contributed by atoms with E-state index in [1.165, 1.54) is 56.9 Å². The Balaban J connectivity index is 2.04. The molecule has 1 aromatic carbocycles. The van der Waals surface area contributed by atoms with Gasteiger partial charge in [0.15, 0.2) is 0 Å². The molecule has 0 saturated heterocycles. The second-order valence-electron chi connectivity index (χ2n) is 5.75. The van der Waals surface area contributed by atoms with E-state index in [-0.39, 0.29) is 0 Å². The first-order valence-corrected chi connectivity index (χ1v) is 8.79. The lowest BCUT2D eigenvalue weighted by Gasteiger charge is -2.08. The van der Waals surface area contributed by atoms with Gasteiger partial charge in [0.25, 0.3) is 0 Å². The fraction of sp³-hybridized carbons (Fsp3) is 0.684. The maximum atomic E-state index is 5.84. The van der Waals surface area contributed by atoms with E-state index in [1.807, 2.05) is 0 Å². The van der Waals surface area contributed by atoms with Gasteiger partial charge in [0.05, 0.1) is 6.61 Å². The van der Waals surface area contributed by atoms with Gasteiger partial charge in [-0.1, -0.05) is 70.9 Å². The Morgan fingerprint density at radius 1 is 0.905 bits per heavy atom. The van der Waals surface area contributed by atoms with Crippen molar-refractivity contribution in [1.82, 2.24) is 5.32 Å². The van der Waals surface area contributed by atoms with Crippen molar-refractivity contribution in [3.8, 4) is 5.75 Å². The van der Waals surface area contributed by atoms with Crippen LogP contribution in [0.25, 0.3) is 0 Å². The molecular weight excluding hydrogens is 258 g/mol. The van der Waals surface area contributed by atoms with Crippen LogP contribution in [0.3, 0.4) is 0 Å². The van der Waals surface area contributed by atoms with E-state index in [0.29, 0.717) is 0 Å². The molecule has 1 rings (SSSR count). The summed E-state index contributed by atoms with van der Waals surface area (Å²) in [4.78, 5) is 0. The summed E-state index contributed by atoms with van der Waals surface area (Å²) in [6.45, 7) is 7.17. The zero-order valence-electron chi connectivity index (χ0n) is 14.0. The first-order valence-electron chi connectivity index (χ1n) is 8.79. The largest absolute Gasteiger partial charge is 0.494 e. The van der Waals surface area contributed by atoms with Crippen LogP contribution in [0.5, 0.6) is 5.75 Å². The lowest BCUT2D eigenvalue weighted by molar-refractivity contribution is 0.304. The van der Waals surface area contributed by atoms with Gasteiger partial charge in [-0.3, -0.25) is 0 Å². The highest BCUT2D eigenvalue weighted by Gasteiger charge is 1.97. The minimum Gasteiger partial charge on any atom is -0.494 e. The number of ether oxygens (including phenoxy) is 1. The summed E-state index contributed by atoms with van der Waals surface area (Å²) in [6, 6.07) is 8.43. The summed E-state index contributed by atoms with van der Waals surface area (Å²) in [5, 5.41) is 3.34. The van der Waals surface area contributed by atoms with Crippen molar-refractivity contribution in [2.75, 3.05) is 13.2 Å². The third-order valence-corrected chi connectivity index (χ3v) is 3.74. The average Bonchev–Trinajstić information content (AvgIpc) is 2.52. The van der Waals surface area contributed by atoms with Crippen LogP contribution < -0.4 is 10.1 Å². The Hall–Kier alpha value is -1.02. The van der Waals surface area contributed by atoms with Crippen LogP contribution in [0.15, 0.2) is 24.3 Å². The van der Waals surface area contributed by atoms with E-state index in [9.17, 15) is 0 Å². The molecule has 21 heavy (non-hydrogen) atoms. The van der Waals surface area contributed by atoms with Crippen LogP contribution >= 0.6 is 0 Å². The highest BCUT2D eigenvalue weighted by molar-refractivity contribution is 5.28. The molecule has 2 nitrogen and oxygen atoms in total. The van der Waals surface area contributed by atoms with E-state index in [2.05, 4.69) is 43.4 Å². The molecule has 0 atom stereocenters. The predicted octanol–water partition coefficient (Wildman–Crippen LogP) is 5.32. The first kappa shape index (κ1) is 18.0. The van der Waals surface area contributed by atoms with Crippen molar-refractivity contribution >= 4 is 0 Å². The van der Waals surface area contributed by atoms with Gasteiger partial charge in [0.1, 0.15) is 5.75 Å². The van der Waals surface area contributed by atoms with Gasteiger partial charge in [-0.25, -0.2) is 0 Å². The number of benzene rings is 1. The molecule has 1 N–H and O–H groups in total. The maximum absolute atomic E-state index is 5.84. The zero-order chi connectivity index (χ0) is 15.2. The Bertz CT molecular complexity index is 351. The third-order valence-electron chi connectivity index (χ3n) is 3.74. The monoisotopic (exact) mass is 291 g/mol. The molecule has 0 heterocycles. The van der Waals surface area contributed by atoms with Crippen LogP contribution in [0, 0.1) is 0 Å². The predicted molar refractivity (Wildman–Crippen MR) is 91.9 cm³/mol. The molecule has 0 saturated carbocycles. The SMILES string of the molecule is CCCCCCCCCCOc1cccc(CNCC)c1. The molecule has 0 aliphatic rings.